The van der Waals surface area contributed by atoms with E-state index in [1.165, 1.54) is 6.42 Å². The number of benzene rings is 1. The summed E-state index contributed by atoms with van der Waals surface area (Å²) in [5.74, 6) is 0.201. The molecule has 21 heavy (non-hydrogen) atoms. The lowest BCUT2D eigenvalue weighted by atomic mass is 9.65. The van der Waals surface area contributed by atoms with Crippen LogP contribution >= 0.6 is 38.5 Å². The number of fused-ring (bicyclic) bond motifs is 2. The van der Waals surface area contributed by atoms with Gasteiger partial charge in [0.1, 0.15) is 0 Å². The molecule has 1 heterocycles. The number of halogens is 2. The van der Waals surface area contributed by atoms with Crippen molar-refractivity contribution in [1.29, 1.82) is 0 Å². The summed E-state index contributed by atoms with van der Waals surface area (Å²) in [6.07, 6.45) is 3.50. The van der Waals surface area contributed by atoms with Gasteiger partial charge in [-0.15, -0.1) is 0 Å². The van der Waals surface area contributed by atoms with Gasteiger partial charge in [0.05, 0.1) is 5.56 Å². The van der Waals surface area contributed by atoms with Crippen LogP contribution in [-0.4, -0.2) is 23.4 Å². The van der Waals surface area contributed by atoms with Gasteiger partial charge in [-0.1, -0.05) is 36.7 Å². The minimum Gasteiger partial charge on any atom is -0.335 e. The third kappa shape index (κ3) is 3.03. The lowest BCUT2D eigenvalue weighted by Crippen LogP contribution is -2.38. The van der Waals surface area contributed by atoms with Crippen molar-refractivity contribution in [2.45, 2.75) is 46.1 Å². The lowest BCUT2D eigenvalue weighted by Gasteiger charge is -2.39. The van der Waals surface area contributed by atoms with Crippen molar-refractivity contribution >= 4 is 44.4 Å². The van der Waals surface area contributed by atoms with E-state index in [0.29, 0.717) is 16.9 Å². The maximum Gasteiger partial charge on any atom is 0.255 e. The number of hydrogen-bond acceptors (Lipinski definition) is 1. The monoisotopic (exact) mass is 461 g/mol. The van der Waals surface area contributed by atoms with Gasteiger partial charge in [-0.05, 0) is 70.9 Å². The summed E-state index contributed by atoms with van der Waals surface area (Å²) >= 11 is 5.75. The molecule has 3 rings (SSSR count). The van der Waals surface area contributed by atoms with Crippen molar-refractivity contribution in [3.63, 3.8) is 0 Å². The van der Waals surface area contributed by atoms with Crippen LogP contribution in [0.3, 0.4) is 0 Å². The Bertz CT molecular complexity index is 600. The second kappa shape index (κ2) is 5.22. The molecular weight excluding hydrogens is 441 g/mol. The van der Waals surface area contributed by atoms with Gasteiger partial charge in [-0.2, -0.15) is 0 Å². The Morgan fingerprint density at radius 2 is 2.05 bits per heavy atom. The Labute approximate surface area is 148 Å². The maximum absolute atomic E-state index is 13.0. The first-order valence-corrected chi connectivity index (χ1v) is 9.32. The van der Waals surface area contributed by atoms with E-state index in [2.05, 4.69) is 64.2 Å². The highest BCUT2D eigenvalue weighted by molar-refractivity contribution is 14.1. The molecule has 1 aliphatic carbocycles. The SMILES string of the molecule is CC1(C)CC2CC(C)(CN2C(=O)c2cc(Br)ccc2I)C1. The van der Waals surface area contributed by atoms with Crippen LogP contribution in [0, 0.1) is 14.4 Å². The van der Waals surface area contributed by atoms with Crippen molar-refractivity contribution in [2.75, 3.05) is 6.54 Å². The van der Waals surface area contributed by atoms with Gasteiger partial charge >= 0.3 is 0 Å². The van der Waals surface area contributed by atoms with Crippen LogP contribution in [0.25, 0.3) is 0 Å². The molecule has 1 saturated carbocycles. The summed E-state index contributed by atoms with van der Waals surface area (Å²) in [7, 11) is 0. The van der Waals surface area contributed by atoms with Gasteiger partial charge in [0.2, 0.25) is 0 Å². The molecule has 0 spiro atoms. The van der Waals surface area contributed by atoms with E-state index in [4.69, 9.17) is 0 Å². The zero-order valence-electron chi connectivity index (χ0n) is 12.7. The molecule has 114 valence electrons. The van der Waals surface area contributed by atoms with Gasteiger partial charge in [-0.25, -0.2) is 0 Å². The Morgan fingerprint density at radius 3 is 2.76 bits per heavy atom. The second-order valence-corrected chi connectivity index (χ2v) is 9.85. The smallest absolute Gasteiger partial charge is 0.255 e. The summed E-state index contributed by atoms with van der Waals surface area (Å²) in [4.78, 5) is 15.2. The van der Waals surface area contributed by atoms with E-state index < -0.39 is 0 Å². The van der Waals surface area contributed by atoms with Crippen LogP contribution in [0.4, 0.5) is 0 Å². The number of carbonyl (C=O) groups excluding carboxylic acids is 1. The molecule has 4 heteroatoms. The van der Waals surface area contributed by atoms with Crippen molar-refractivity contribution in [3.05, 3.63) is 31.8 Å². The summed E-state index contributed by atoms with van der Waals surface area (Å²) in [6, 6.07) is 6.36. The summed E-state index contributed by atoms with van der Waals surface area (Å²) in [6.45, 7) is 7.94. The normalized spacial score (nSPS) is 30.5. The number of amides is 1. The molecule has 0 N–H and O–H groups in total. The molecule has 0 aromatic heterocycles. The summed E-state index contributed by atoms with van der Waals surface area (Å²) in [5, 5.41) is 0. The van der Waals surface area contributed by atoms with Crippen molar-refractivity contribution in [1.82, 2.24) is 4.90 Å². The van der Waals surface area contributed by atoms with Crippen molar-refractivity contribution in [3.8, 4) is 0 Å². The van der Waals surface area contributed by atoms with Crippen LogP contribution in [-0.2, 0) is 0 Å². The topological polar surface area (TPSA) is 20.3 Å². The highest BCUT2D eigenvalue weighted by Gasteiger charge is 2.51. The standard InChI is InChI=1S/C17H21BrINO/c1-16(2)7-12-8-17(3,9-16)10-20(12)15(21)13-6-11(18)4-5-14(13)19/h4-6,12H,7-10H2,1-3H3. The third-order valence-electron chi connectivity index (χ3n) is 4.83. The largest absolute Gasteiger partial charge is 0.335 e. The number of carbonyl (C=O) groups is 1. The van der Waals surface area contributed by atoms with Crippen molar-refractivity contribution < 1.29 is 4.79 Å². The van der Waals surface area contributed by atoms with Crippen molar-refractivity contribution in [2.24, 2.45) is 10.8 Å². The zero-order chi connectivity index (χ0) is 15.4. The predicted octanol–water partition coefficient (Wildman–Crippen LogP) is 5.09. The molecule has 2 atom stereocenters. The Morgan fingerprint density at radius 1 is 1.33 bits per heavy atom. The lowest BCUT2D eigenvalue weighted by molar-refractivity contribution is 0.0707. The maximum atomic E-state index is 13.0. The zero-order valence-corrected chi connectivity index (χ0v) is 16.5. The first-order valence-electron chi connectivity index (χ1n) is 7.45. The van der Waals surface area contributed by atoms with Gasteiger partial charge in [-0.3, -0.25) is 4.79 Å². The van der Waals surface area contributed by atoms with Crippen LogP contribution in [0.5, 0.6) is 0 Å². The van der Waals surface area contributed by atoms with E-state index in [-0.39, 0.29) is 5.91 Å². The molecule has 2 unspecified atom stereocenters. The van der Waals surface area contributed by atoms with Gasteiger partial charge < -0.3 is 4.90 Å². The number of hydrogen-bond donors (Lipinski definition) is 0. The first-order chi connectivity index (χ1) is 9.69. The molecule has 1 amide bonds. The number of likely N-dealkylation sites (tertiary alicyclic amines) is 1. The molecule has 0 radical (unpaired) electrons. The van der Waals surface area contributed by atoms with Crippen LogP contribution < -0.4 is 0 Å². The molecule has 1 saturated heterocycles. The Kier molecular flexibility index (Phi) is 3.92. The minimum absolute atomic E-state index is 0.201. The number of nitrogens with zero attached hydrogens (tertiary/aromatic N) is 1. The number of rotatable bonds is 1. The molecule has 1 aliphatic heterocycles. The predicted molar refractivity (Wildman–Crippen MR) is 97.4 cm³/mol. The minimum atomic E-state index is 0.201. The fraction of sp³-hybridized carbons (Fsp3) is 0.588. The molecular formula is C17H21BrINO. The van der Waals surface area contributed by atoms with Gasteiger partial charge in [0.25, 0.3) is 5.91 Å². The van der Waals surface area contributed by atoms with E-state index in [1.807, 2.05) is 18.2 Å². The van der Waals surface area contributed by atoms with Gasteiger partial charge in [0.15, 0.2) is 0 Å². The van der Waals surface area contributed by atoms with Crippen LogP contribution in [0.15, 0.2) is 22.7 Å². The summed E-state index contributed by atoms with van der Waals surface area (Å²) < 4.78 is 2.01. The molecule has 1 aromatic rings. The van der Waals surface area contributed by atoms with E-state index in [1.54, 1.807) is 0 Å². The molecule has 2 bridgehead atoms. The Hall–Kier alpha value is -0.100. The van der Waals surface area contributed by atoms with E-state index in [9.17, 15) is 4.79 Å². The van der Waals surface area contributed by atoms with E-state index in [0.717, 1.165) is 33.0 Å². The second-order valence-electron chi connectivity index (χ2n) is 7.77. The molecule has 1 aromatic carbocycles. The third-order valence-corrected chi connectivity index (χ3v) is 6.27. The average Bonchev–Trinajstić information content (AvgIpc) is 2.61. The average molecular weight is 462 g/mol. The fourth-order valence-corrected chi connectivity index (χ4v) is 5.44. The molecule has 2 fully saturated rings. The van der Waals surface area contributed by atoms with Gasteiger partial charge in [0, 0.05) is 20.6 Å². The summed E-state index contributed by atoms with van der Waals surface area (Å²) in [5.41, 5.74) is 1.47. The highest BCUT2D eigenvalue weighted by Crippen LogP contribution is 2.52. The quantitative estimate of drug-likeness (QED) is 0.533. The van der Waals surface area contributed by atoms with Crippen LogP contribution in [0.1, 0.15) is 50.4 Å². The van der Waals surface area contributed by atoms with E-state index >= 15 is 0 Å². The first kappa shape index (κ1) is 15.8. The fourth-order valence-electron chi connectivity index (χ4n) is 4.51. The van der Waals surface area contributed by atoms with Crippen LogP contribution in [0.2, 0.25) is 0 Å². The molecule has 2 aliphatic rings. The Balaban J connectivity index is 1.91. The molecule has 2 nitrogen and oxygen atoms in total. The highest BCUT2D eigenvalue weighted by atomic mass is 127.